The van der Waals surface area contributed by atoms with Gasteiger partial charge in [-0.1, -0.05) is 76.6 Å². The first-order valence-corrected chi connectivity index (χ1v) is 42.1. The van der Waals surface area contributed by atoms with E-state index < -0.39 is 157 Å². The van der Waals surface area contributed by atoms with Crippen molar-refractivity contribution in [1.29, 1.82) is 0 Å². The van der Waals surface area contributed by atoms with Gasteiger partial charge in [-0.05, 0) is 130 Å². The van der Waals surface area contributed by atoms with E-state index in [9.17, 15) is 71.9 Å². The largest absolute Gasteiger partial charge is 1.00 e. The van der Waals surface area contributed by atoms with Crippen LogP contribution in [0.3, 0.4) is 0 Å². The molecule has 2 saturated heterocycles. The molecule has 12 rings (SSSR count). The summed E-state index contributed by atoms with van der Waals surface area (Å²) in [6.07, 6.45) is -3.12. The van der Waals surface area contributed by atoms with Crippen LogP contribution in [0.2, 0.25) is 0 Å². The fourth-order valence-corrected chi connectivity index (χ4v) is 15.2. The van der Waals surface area contributed by atoms with Crippen LogP contribution in [0, 0.1) is 0 Å². The van der Waals surface area contributed by atoms with Crippen molar-refractivity contribution in [2.24, 2.45) is 0 Å². The summed E-state index contributed by atoms with van der Waals surface area (Å²) in [7, 11) is 0. The Kier molecular flexibility index (Phi) is 42.4. The number of rotatable bonds is 25. The quantitative estimate of drug-likeness (QED) is 0.00646. The van der Waals surface area contributed by atoms with Gasteiger partial charge in [0.2, 0.25) is 0 Å². The number of nitrogens with zero attached hydrogens (tertiary/aromatic N) is 9. The van der Waals surface area contributed by atoms with Crippen molar-refractivity contribution in [2.45, 2.75) is 129 Å². The van der Waals surface area contributed by atoms with Crippen LogP contribution in [0.5, 0.6) is 0 Å². The molecule has 5 aromatic carbocycles. The molecule has 668 valence electrons. The number of ether oxygens (including phenoxy) is 5. The number of esters is 5. The van der Waals surface area contributed by atoms with E-state index in [1.165, 1.54) is 48.5 Å². The summed E-state index contributed by atoms with van der Waals surface area (Å²) in [5.41, 5.74) is 1.61. The van der Waals surface area contributed by atoms with Gasteiger partial charge in [-0.3, -0.25) is 121 Å². The predicted molar refractivity (Wildman–Crippen MR) is 449 cm³/mol. The minimum absolute atomic E-state index is 0. The number of fused-ring (bicyclic) bond motifs is 5. The molecule has 39 heteroatoms. The summed E-state index contributed by atoms with van der Waals surface area (Å²) in [5.74, 6) is -10.1. The van der Waals surface area contributed by atoms with Gasteiger partial charge in [0.15, 0.2) is 0 Å². The van der Waals surface area contributed by atoms with E-state index in [-0.39, 0.29) is 232 Å². The Morgan fingerprint density at radius 2 is 0.452 bits per heavy atom. The van der Waals surface area contributed by atoms with Crippen molar-refractivity contribution in [2.75, 3.05) is 137 Å². The first kappa shape index (κ1) is 105. The van der Waals surface area contributed by atoms with Gasteiger partial charge in [0.25, 0.3) is 65.5 Å². The molecule has 0 spiro atoms. The zero-order valence-corrected chi connectivity index (χ0v) is 80.9. The molecule has 2 fully saturated rings. The molecule has 10 amide bonds. The average Bonchev–Trinajstić information content (AvgIpc) is 1.82. The minimum Gasteiger partial charge on any atom is -1.00 e. The van der Waals surface area contributed by atoms with Crippen molar-refractivity contribution in [1.82, 2.24) is 65.4 Å². The molecular formula is C87H108BrK2N13O23. The van der Waals surface area contributed by atoms with Gasteiger partial charge in [-0.2, -0.15) is 0 Å². The molecule has 0 bridgehead atoms. The van der Waals surface area contributed by atoms with E-state index in [1.807, 2.05) is 0 Å². The monoisotopic (exact) mass is 1860 g/mol. The molecule has 0 radical (unpaired) electrons. The van der Waals surface area contributed by atoms with Gasteiger partial charge in [0, 0.05) is 105 Å². The van der Waals surface area contributed by atoms with Gasteiger partial charge in [0.05, 0.1) is 119 Å². The smallest absolute Gasteiger partial charge is 1.00 e. The van der Waals surface area contributed by atoms with Crippen molar-refractivity contribution in [3.8, 4) is 0 Å². The molecule has 4 N–H and O–H groups in total. The van der Waals surface area contributed by atoms with Crippen molar-refractivity contribution in [3.05, 3.63) is 177 Å². The SMILES string of the molecule is C1CNCCNCCNCCN1.CC(C)OC(=O)C(Br)CN1C(=O)c2ccccc2C1=O.CC(C)OC(=O)C(CN1C(=O)c2ccccc2C1=O)N1CCN(C(CN2C(=O)c3ccccc3C2=O)C(=O)OC(C)C)CCN(C(CN2C(=O)c3ccccc3C2=O)C(=O)OC(C)C)CCN(C(CN2C(=O)c3ccccc3C2=O)C(=O)OC(C)C)CC1.O=CO[O-].[H-].[K+].[K+]. The van der Waals surface area contributed by atoms with E-state index in [1.54, 1.807) is 162 Å². The number of nitrogens with one attached hydrogen (secondary N) is 4. The second-order valence-corrected chi connectivity index (χ2v) is 32.2. The normalized spacial score (nSPS) is 17.9. The van der Waals surface area contributed by atoms with Crippen molar-refractivity contribution >= 4 is 111 Å². The Morgan fingerprint density at radius 1 is 0.310 bits per heavy atom. The zero-order chi connectivity index (χ0) is 90.2. The van der Waals surface area contributed by atoms with Crippen LogP contribution in [0.25, 0.3) is 0 Å². The predicted octanol–water partition coefficient (Wildman–Crippen LogP) is -3.42. The molecule has 5 atom stereocenters. The molecule has 7 heterocycles. The maximum Gasteiger partial charge on any atom is 1.00 e. The molecule has 0 aliphatic carbocycles. The third-order valence-electron chi connectivity index (χ3n) is 20.7. The number of hydrogen-bond donors (Lipinski definition) is 4. The van der Waals surface area contributed by atoms with Gasteiger partial charge in [0.1, 0.15) is 29.0 Å². The second kappa shape index (κ2) is 50.8. The summed E-state index contributed by atoms with van der Waals surface area (Å²) in [5, 5.41) is 21.9. The van der Waals surface area contributed by atoms with E-state index >= 15 is 0 Å². The molecule has 126 heavy (non-hydrogen) atoms. The van der Waals surface area contributed by atoms with Gasteiger partial charge in [-0.25, -0.2) is 0 Å². The number of hydrogen-bond acceptors (Lipinski definition) is 31. The third kappa shape index (κ3) is 27.6. The second-order valence-electron chi connectivity index (χ2n) is 31.1. The first-order valence-electron chi connectivity index (χ1n) is 41.2. The van der Waals surface area contributed by atoms with Gasteiger partial charge in [-0.15, -0.1) is 0 Å². The Bertz CT molecular complexity index is 4080. The number of halogens is 1. The Labute approximate surface area is 826 Å². The molecular weight excluding hydrogens is 1750 g/mol. The molecule has 36 nitrogen and oxygen atoms in total. The van der Waals surface area contributed by atoms with E-state index in [0.29, 0.717) is 11.1 Å². The minimum atomic E-state index is -1.46. The van der Waals surface area contributed by atoms with E-state index in [0.717, 1.165) is 76.9 Å². The van der Waals surface area contributed by atoms with E-state index in [4.69, 9.17) is 33.7 Å². The zero-order valence-electron chi connectivity index (χ0n) is 74.0. The Morgan fingerprint density at radius 3 is 0.595 bits per heavy atom. The van der Waals surface area contributed by atoms with Gasteiger partial charge < -0.3 is 56.5 Å². The van der Waals surface area contributed by atoms with Crippen LogP contribution in [0.1, 0.15) is 174 Å². The summed E-state index contributed by atoms with van der Waals surface area (Å²) in [6, 6.07) is 25.5. The summed E-state index contributed by atoms with van der Waals surface area (Å²) >= 11 is 3.16. The average molecular weight is 1860 g/mol. The number of alkyl halides is 1. The fourth-order valence-electron chi connectivity index (χ4n) is 14.8. The van der Waals surface area contributed by atoms with Crippen LogP contribution in [-0.4, -0.2) is 336 Å². The summed E-state index contributed by atoms with van der Waals surface area (Å²) < 4.78 is 28.7. The van der Waals surface area contributed by atoms with E-state index in [2.05, 4.69) is 42.1 Å². The van der Waals surface area contributed by atoms with Crippen LogP contribution in [0.15, 0.2) is 121 Å². The number of carbonyl (C=O) groups is 16. The van der Waals surface area contributed by atoms with Gasteiger partial charge >= 0.3 is 133 Å². The molecule has 0 aromatic heterocycles. The fraction of sp³-hybridized carbons (Fsp3) is 0.471. The first-order chi connectivity index (χ1) is 59.3. The van der Waals surface area contributed by atoms with Crippen molar-refractivity contribution < 1.29 is 215 Å². The molecule has 7 aliphatic heterocycles. The summed E-state index contributed by atoms with van der Waals surface area (Å²) in [4.78, 5) is 231. The summed E-state index contributed by atoms with van der Waals surface area (Å²) in [6.45, 7) is 20.8. The van der Waals surface area contributed by atoms with Crippen LogP contribution in [0.4, 0.5) is 0 Å². The third-order valence-corrected chi connectivity index (χ3v) is 21.3. The van der Waals surface area contributed by atoms with Crippen molar-refractivity contribution in [3.63, 3.8) is 0 Å². The Balaban J connectivity index is 0.000000525. The van der Waals surface area contributed by atoms with Crippen LogP contribution < -0.4 is 129 Å². The molecule has 5 aromatic rings. The number of amides is 10. The number of carbonyl (C=O) groups excluding carboxylic acids is 16. The topological polar surface area (TPSA) is 429 Å². The maximum absolute atomic E-state index is 14.9. The Hall–Kier alpha value is -7.99. The number of benzene rings is 5. The molecule has 5 unspecified atom stereocenters. The molecule has 7 aliphatic rings. The molecule has 0 saturated carbocycles. The standard InChI is InChI=1S/C64H72N8O16.C14H14BrNO4.C8H20N4.CH2O3.2K.H/c1-37(2)85-61(81)49(33-69-53(73)41-17-9-10-18-42(41)54(69)74)65-25-27-66(50(62(82)86-38(3)4)34-70-55(75)43-19-11-12-20-44(43)56(70)76)29-31-68(52(64(84)88-40(7)8)36-72-59(79)47-23-15-16-24-48(47)60(72)80)32-30-67(28-26-65)51(63(83)87-39(5)6)35-71-57(77)45-21-13-14-22-46(45)58(71)78;1-8(2)20-14(19)11(15)7-16-12(17)9-5-3-4-6-10(9)13(16)18;1-2-10-5-6-12-8-7-11-4-3-9-1;2-1-4-3;;;/h9-24,37-40,49-52H,25-36H2,1-8H3;3-6,8,11H,7H2,1-2H3;9-12H,1-8H2;1,3H;;;/q;;;;2*+1;-1/p-1. The van der Waals surface area contributed by atoms with Crippen LogP contribution in [-0.2, 0) is 57.3 Å². The van der Waals surface area contributed by atoms with Crippen LogP contribution >= 0.6 is 15.9 Å². The number of imide groups is 5. The maximum atomic E-state index is 14.9.